The SMILES string of the molecule is O=C(NN=Cc1cccc([N+](=O)[O-])c1)c1cnc2ccccc2n1. The minimum absolute atomic E-state index is 0.0503. The predicted molar refractivity (Wildman–Crippen MR) is 87.7 cm³/mol. The van der Waals surface area contributed by atoms with Crippen LogP contribution in [-0.2, 0) is 0 Å². The van der Waals surface area contributed by atoms with Crippen LogP contribution in [0, 0.1) is 10.1 Å². The van der Waals surface area contributed by atoms with Gasteiger partial charge in [-0.05, 0) is 12.1 Å². The molecule has 0 fully saturated rings. The molecule has 0 saturated carbocycles. The van der Waals surface area contributed by atoms with Gasteiger partial charge in [0.25, 0.3) is 11.6 Å². The summed E-state index contributed by atoms with van der Waals surface area (Å²) in [6.07, 6.45) is 2.68. The summed E-state index contributed by atoms with van der Waals surface area (Å²) in [7, 11) is 0. The van der Waals surface area contributed by atoms with Gasteiger partial charge in [-0.15, -0.1) is 0 Å². The third-order valence-electron chi connectivity index (χ3n) is 3.14. The number of amides is 1. The number of nitro groups is 1. The van der Waals surface area contributed by atoms with E-state index in [1.165, 1.54) is 30.6 Å². The minimum Gasteiger partial charge on any atom is -0.265 e. The zero-order valence-electron chi connectivity index (χ0n) is 12.3. The second-order valence-electron chi connectivity index (χ2n) is 4.80. The highest BCUT2D eigenvalue weighted by Gasteiger charge is 2.08. The molecule has 0 spiro atoms. The predicted octanol–water partition coefficient (Wildman–Crippen LogP) is 2.30. The Kier molecular flexibility index (Phi) is 4.19. The largest absolute Gasteiger partial charge is 0.291 e. The van der Waals surface area contributed by atoms with Gasteiger partial charge in [0.15, 0.2) is 0 Å². The molecule has 3 aromatic rings. The van der Waals surface area contributed by atoms with Crippen molar-refractivity contribution in [2.24, 2.45) is 5.10 Å². The molecule has 0 bridgehead atoms. The molecule has 8 heteroatoms. The fraction of sp³-hybridized carbons (Fsp3) is 0. The first-order chi connectivity index (χ1) is 11.6. The molecule has 0 aliphatic carbocycles. The van der Waals surface area contributed by atoms with Gasteiger partial charge >= 0.3 is 0 Å². The number of aromatic nitrogens is 2. The number of para-hydroxylation sites is 2. The highest BCUT2D eigenvalue weighted by molar-refractivity contribution is 5.94. The highest BCUT2D eigenvalue weighted by Crippen LogP contribution is 2.11. The number of nitrogens with one attached hydrogen (secondary N) is 1. The first kappa shape index (κ1) is 15.2. The molecule has 1 aromatic heterocycles. The molecule has 0 unspecified atom stereocenters. The average Bonchev–Trinajstić information content (AvgIpc) is 2.61. The first-order valence-electron chi connectivity index (χ1n) is 6.93. The van der Waals surface area contributed by atoms with Crippen molar-refractivity contribution < 1.29 is 9.72 Å². The second kappa shape index (κ2) is 6.61. The molecule has 0 radical (unpaired) electrons. The highest BCUT2D eigenvalue weighted by atomic mass is 16.6. The average molecular weight is 321 g/mol. The number of hydrogen-bond acceptors (Lipinski definition) is 6. The molecule has 0 aliphatic heterocycles. The smallest absolute Gasteiger partial charge is 0.265 e. The summed E-state index contributed by atoms with van der Waals surface area (Å²) in [6.45, 7) is 0. The van der Waals surface area contributed by atoms with Gasteiger partial charge in [-0.1, -0.05) is 24.3 Å². The van der Waals surface area contributed by atoms with Crippen molar-refractivity contribution in [3.05, 3.63) is 76.1 Å². The van der Waals surface area contributed by atoms with Crippen LogP contribution in [0.25, 0.3) is 11.0 Å². The Labute approximate surface area is 136 Å². The maximum Gasteiger partial charge on any atom is 0.291 e. The maximum absolute atomic E-state index is 12.0. The molecule has 118 valence electrons. The van der Waals surface area contributed by atoms with Crippen molar-refractivity contribution in [3.63, 3.8) is 0 Å². The number of carbonyl (C=O) groups excluding carboxylic acids is 1. The van der Waals surface area contributed by atoms with Gasteiger partial charge in [0, 0.05) is 17.7 Å². The number of benzene rings is 2. The topological polar surface area (TPSA) is 110 Å². The molecule has 2 aromatic carbocycles. The van der Waals surface area contributed by atoms with Crippen LogP contribution in [0.2, 0.25) is 0 Å². The van der Waals surface area contributed by atoms with Crippen LogP contribution in [0.3, 0.4) is 0 Å². The van der Waals surface area contributed by atoms with E-state index in [1.54, 1.807) is 24.3 Å². The molecular weight excluding hydrogens is 310 g/mol. The van der Waals surface area contributed by atoms with Crippen LogP contribution in [0.5, 0.6) is 0 Å². The fourth-order valence-corrected chi connectivity index (χ4v) is 2.01. The number of nitro benzene ring substituents is 1. The van der Waals surface area contributed by atoms with E-state index in [0.717, 1.165) is 0 Å². The molecule has 24 heavy (non-hydrogen) atoms. The number of hydrogen-bond donors (Lipinski definition) is 1. The third kappa shape index (κ3) is 3.38. The van der Waals surface area contributed by atoms with Gasteiger partial charge in [0.1, 0.15) is 5.69 Å². The van der Waals surface area contributed by atoms with E-state index in [1.807, 2.05) is 6.07 Å². The van der Waals surface area contributed by atoms with Crippen LogP contribution in [0.1, 0.15) is 16.1 Å². The van der Waals surface area contributed by atoms with E-state index in [-0.39, 0.29) is 11.4 Å². The van der Waals surface area contributed by atoms with Crippen LogP contribution in [0.4, 0.5) is 5.69 Å². The molecule has 0 aliphatic rings. The summed E-state index contributed by atoms with van der Waals surface area (Å²) in [5.74, 6) is -0.519. The van der Waals surface area contributed by atoms with Crippen molar-refractivity contribution in [3.8, 4) is 0 Å². The van der Waals surface area contributed by atoms with E-state index in [4.69, 9.17) is 0 Å². The Hall–Kier alpha value is -3.68. The number of carbonyl (C=O) groups is 1. The van der Waals surface area contributed by atoms with E-state index in [0.29, 0.717) is 16.6 Å². The van der Waals surface area contributed by atoms with Crippen molar-refractivity contribution in [1.29, 1.82) is 0 Å². The normalized spacial score (nSPS) is 10.8. The summed E-state index contributed by atoms with van der Waals surface area (Å²) in [5, 5.41) is 14.5. The van der Waals surface area contributed by atoms with Gasteiger partial charge in [0.2, 0.25) is 0 Å². The Morgan fingerprint density at radius 1 is 1.17 bits per heavy atom. The van der Waals surface area contributed by atoms with Gasteiger partial charge in [-0.25, -0.2) is 10.4 Å². The lowest BCUT2D eigenvalue weighted by molar-refractivity contribution is -0.384. The van der Waals surface area contributed by atoms with Gasteiger partial charge < -0.3 is 0 Å². The monoisotopic (exact) mass is 321 g/mol. The Balaban J connectivity index is 1.72. The first-order valence-corrected chi connectivity index (χ1v) is 6.93. The van der Waals surface area contributed by atoms with Crippen LogP contribution in [0.15, 0.2) is 59.8 Å². The lowest BCUT2D eigenvalue weighted by Crippen LogP contribution is -2.19. The summed E-state index contributed by atoms with van der Waals surface area (Å²) < 4.78 is 0. The number of rotatable bonds is 4. The molecular formula is C16H11N5O3. The zero-order chi connectivity index (χ0) is 16.9. The van der Waals surface area contributed by atoms with E-state index >= 15 is 0 Å². The molecule has 3 rings (SSSR count). The second-order valence-corrected chi connectivity index (χ2v) is 4.80. The Morgan fingerprint density at radius 3 is 2.75 bits per heavy atom. The molecule has 1 amide bonds. The standard InChI is InChI=1S/C16H11N5O3/c22-16(15-10-17-13-6-1-2-7-14(13)19-15)20-18-9-11-4-3-5-12(8-11)21(23)24/h1-10H,(H,20,22). The van der Waals surface area contributed by atoms with Gasteiger partial charge in [-0.2, -0.15) is 5.10 Å². The lowest BCUT2D eigenvalue weighted by atomic mass is 10.2. The minimum atomic E-state index is -0.519. The third-order valence-corrected chi connectivity index (χ3v) is 3.14. The fourth-order valence-electron chi connectivity index (χ4n) is 2.01. The Morgan fingerprint density at radius 2 is 1.96 bits per heavy atom. The van der Waals surface area contributed by atoms with E-state index in [9.17, 15) is 14.9 Å². The number of non-ortho nitro benzene ring substituents is 1. The van der Waals surface area contributed by atoms with Crippen molar-refractivity contribution in [2.45, 2.75) is 0 Å². The zero-order valence-corrected chi connectivity index (χ0v) is 12.3. The quantitative estimate of drug-likeness (QED) is 0.450. The maximum atomic E-state index is 12.0. The van der Waals surface area contributed by atoms with Gasteiger partial charge in [-0.3, -0.25) is 19.9 Å². The van der Waals surface area contributed by atoms with E-state index in [2.05, 4.69) is 20.5 Å². The summed E-state index contributed by atoms with van der Waals surface area (Å²) in [4.78, 5) is 30.6. The molecule has 0 saturated heterocycles. The summed E-state index contributed by atoms with van der Waals surface area (Å²) in [6, 6.07) is 13.1. The molecule has 1 heterocycles. The number of hydrazone groups is 1. The van der Waals surface area contributed by atoms with Crippen LogP contribution < -0.4 is 5.43 Å². The molecule has 0 atom stereocenters. The van der Waals surface area contributed by atoms with Crippen molar-refractivity contribution >= 4 is 28.8 Å². The van der Waals surface area contributed by atoms with Crippen molar-refractivity contribution in [1.82, 2.24) is 15.4 Å². The number of fused-ring (bicyclic) bond motifs is 1. The van der Waals surface area contributed by atoms with Crippen LogP contribution in [-0.4, -0.2) is 27.0 Å². The van der Waals surface area contributed by atoms with Crippen molar-refractivity contribution in [2.75, 3.05) is 0 Å². The lowest BCUT2D eigenvalue weighted by Gasteiger charge is -2.01. The number of nitrogens with zero attached hydrogens (tertiary/aromatic N) is 4. The summed E-state index contributed by atoms with van der Waals surface area (Å²) >= 11 is 0. The van der Waals surface area contributed by atoms with E-state index < -0.39 is 10.8 Å². The Bertz CT molecular complexity index is 955. The molecule has 8 nitrogen and oxygen atoms in total. The molecule has 1 N–H and O–H groups in total. The van der Waals surface area contributed by atoms with Crippen LogP contribution >= 0.6 is 0 Å². The van der Waals surface area contributed by atoms with Gasteiger partial charge in [0.05, 0.1) is 28.4 Å². The summed E-state index contributed by atoms with van der Waals surface area (Å²) in [5.41, 5.74) is 4.19.